The van der Waals surface area contributed by atoms with E-state index in [-0.39, 0.29) is 78.6 Å². The third kappa shape index (κ3) is 7.08. The van der Waals surface area contributed by atoms with Gasteiger partial charge in [-0.1, -0.05) is 46.8 Å². The predicted molar refractivity (Wildman–Crippen MR) is 160 cm³/mol. The first kappa shape index (κ1) is 39.1. The molecular formula is C32H53NaO12S. The first-order valence-electron chi connectivity index (χ1n) is 16.5. The second kappa shape index (κ2) is 14.1. The Balaban J connectivity index is 0.00000480. The minimum Gasteiger partial charge on any atom is -0.726 e. The Morgan fingerprint density at radius 2 is 1.57 bits per heavy atom. The van der Waals surface area contributed by atoms with E-state index >= 15 is 0 Å². The second-order valence-corrected chi connectivity index (χ2v) is 16.6. The van der Waals surface area contributed by atoms with Crippen LogP contribution < -0.4 is 29.6 Å². The minimum absolute atomic E-state index is 0. The fourth-order valence-corrected chi connectivity index (χ4v) is 11.0. The van der Waals surface area contributed by atoms with Crippen molar-refractivity contribution < 1.29 is 86.8 Å². The number of hydrogen-bond acceptors (Lipinski definition) is 12. The molecule has 0 radical (unpaired) electrons. The molecule has 12 nitrogen and oxygen atoms in total. The van der Waals surface area contributed by atoms with E-state index in [0.29, 0.717) is 25.7 Å². The number of allylic oxidation sites excluding steroid dienone is 1. The summed E-state index contributed by atoms with van der Waals surface area (Å²) < 4.78 is 50.1. The quantitative estimate of drug-likeness (QED) is 0.0727. The molecule has 1 saturated heterocycles. The molecule has 5 fully saturated rings. The molecule has 2 unspecified atom stereocenters. The van der Waals surface area contributed by atoms with Gasteiger partial charge in [0.1, 0.15) is 18.3 Å². The van der Waals surface area contributed by atoms with E-state index in [1.54, 1.807) is 0 Å². The van der Waals surface area contributed by atoms with Gasteiger partial charge in [-0.05, 0) is 78.9 Å². The Bertz CT molecular complexity index is 1200. The molecule has 0 amide bonds. The maximum atomic E-state index is 12.6. The van der Waals surface area contributed by atoms with Gasteiger partial charge < -0.3 is 44.7 Å². The Morgan fingerprint density at radius 1 is 0.913 bits per heavy atom. The molecule has 5 rings (SSSR count). The summed E-state index contributed by atoms with van der Waals surface area (Å²) in [6, 6.07) is 0. The third-order valence-electron chi connectivity index (χ3n) is 12.6. The van der Waals surface area contributed by atoms with Crippen molar-refractivity contribution in [3.63, 3.8) is 0 Å². The maximum absolute atomic E-state index is 12.6. The molecule has 1 heterocycles. The van der Waals surface area contributed by atoms with E-state index in [4.69, 9.17) is 13.7 Å². The van der Waals surface area contributed by atoms with Crippen LogP contribution in [0, 0.1) is 46.3 Å². The van der Waals surface area contributed by atoms with Gasteiger partial charge in [-0.15, -0.1) is 0 Å². The molecule has 0 aromatic heterocycles. The van der Waals surface area contributed by atoms with Crippen LogP contribution in [0.2, 0.25) is 0 Å². The van der Waals surface area contributed by atoms with Gasteiger partial charge in [0.2, 0.25) is 10.4 Å². The van der Waals surface area contributed by atoms with Crippen LogP contribution in [0.3, 0.4) is 0 Å². The van der Waals surface area contributed by atoms with Gasteiger partial charge in [0.15, 0.2) is 6.29 Å². The summed E-state index contributed by atoms with van der Waals surface area (Å²) in [4.78, 5) is 0. The van der Waals surface area contributed by atoms with E-state index in [1.165, 1.54) is 0 Å². The molecule has 0 bridgehead atoms. The van der Waals surface area contributed by atoms with Crippen LogP contribution in [0.1, 0.15) is 79.6 Å². The molecule has 46 heavy (non-hydrogen) atoms. The topological polar surface area (TPSA) is 206 Å². The van der Waals surface area contributed by atoms with Crippen LogP contribution in [0.4, 0.5) is 0 Å². The van der Waals surface area contributed by atoms with Crippen molar-refractivity contribution in [2.45, 2.75) is 134 Å². The number of aliphatic hydroxyl groups excluding tert-OH is 5. The summed E-state index contributed by atoms with van der Waals surface area (Å²) in [5, 5.41) is 65.8. The molecule has 14 heteroatoms. The summed E-state index contributed by atoms with van der Waals surface area (Å²) in [5.74, 6) is -1.00. The second-order valence-electron chi connectivity index (χ2n) is 15.6. The van der Waals surface area contributed by atoms with Crippen molar-refractivity contribution in [3.05, 3.63) is 12.2 Å². The van der Waals surface area contributed by atoms with Gasteiger partial charge in [-0.3, -0.25) is 4.18 Å². The zero-order valence-electron chi connectivity index (χ0n) is 27.9. The molecule has 0 aromatic rings. The van der Waals surface area contributed by atoms with Crippen LogP contribution in [0.15, 0.2) is 12.2 Å². The Hall–Kier alpha value is 0.290. The average molecular weight is 685 g/mol. The van der Waals surface area contributed by atoms with Crippen LogP contribution in [0.25, 0.3) is 0 Å². The number of aliphatic hydroxyl groups is 6. The van der Waals surface area contributed by atoms with Crippen molar-refractivity contribution in [1.82, 2.24) is 0 Å². The normalized spacial score (nSPS) is 49.1. The van der Waals surface area contributed by atoms with Gasteiger partial charge in [0.05, 0.1) is 36.6 Å². The summed E-state index contributed by atoms with van der Waals surface area (Å²) in [7, 11) is -4.87. The van der Waals surface area contributed by atoms with Gasteiger partial charge in [0.25, 0.3) is 0 Å². The van der Waals surface area contributed by atoms with E-state index in [2.05, 4.69) is 13.8 Å². The fourth-order valence-electron chi connectivity index (χ4n) is 10.5. The number of ether oxygens (including phenoxy) is 2. The first-order valence-corrected chi connectivity index (χ1v) is 17.9. The monoisotopic (exact) mass is 684 g/mol. The van der Waals surface area contributed by atoms with Crippen LogP contribution >= 0.6 is 0 Å². The van der Waals surface area contributed by atoms with Crippen molar-refractivity contribution in [3.8, 4) is 0 Å². The summed E-state index contributed by atoms with van der Waals surface area (Å²) in [5.41, 5.74) is -2.26. The average Bonchev–Trinajstić information content (AvgIpc) is 3.21. The SMILES string of the molecule is CC(C)C(/C=C/[C@@H](C)[C@H]1C[C@H](O)[C@@H]2[C@]1(C)CC[C@@H]1[C@@]3(C)CC[C@H](OS(=O)(=O)[O-])C[C@@H]3[C@H](O)C[C@]12O)O[C@@H]1OC[C@@H](O)C(O)[C@@H]1O.[Na+]. The molecular weight excluding hydrogens is 631 g/mol. The van der Waals surface area contributed by atoms with E-state index < -0.39 is 81.8 Å². The van der Waals surface area contributed by atoms with E-state index in [0.717, 1.165) is 6.42 Å². The number of hydrogen-bond donors (Lipinski definition) is 6. The largest absolute Gasteiger partial charge is 1.00 e. The van der Waals surface area contributed by atoms with Gasteiger partial charge in [-0.25, -0.2) is 8.42 Å². The maximum Gasteiger partial charge on any atom is 1.00 e. The standard InChI is InChI=1S/C32H54O12S.Na/c1-16(2)24(43-29-27(37)26(36)23(35)15-42-29)7-6-17(3)19-13-21(33)28-31(19,5)11-9-25-30(4)10-8-18(44-45(39,40)41)12-20(30)22(34)14-32(25,28)38;/h6-7,16-29,33-38H,8-15H2,1-5H3,(H,39,40,41);/q;+1/p-1/b7-6+;/t17-,18+,19-,20-,21+,22-,23-,24?,25-,26?,27+,28-,29+,30+,31-,32+;/m1./s1. The zero-order chi connectivity index (χ0) is 33.3. The summed E-state index contributed by atoms with van der Waals surface area (Å²) in [6.07, 6.45) is -0.978. The Morgan fingerprint density at radius 3 is 2.20 bits per heavy atom. The van der Waals surface area contributed by atoms with Gasteiger partial charge >= 0.3 is 29.6 Å². The minimum atomic E-state index is -4.87. The number of fused-ring (bicyclic) bond motifs is 5. The van der Waals surface area contributed by atoms with E-state index in [1.807, 2.05) is 32.9 Å². The smallest absolute Gasteiger partial charge is 0.726 e. The molecule has 4 saturated carbocycles. The predicted octanol–water partition coefficient (Wildman–Crippen LogP) is -1.78. The summed E-state index contributed by atoms with van der Waals surface area (Å²) >= 11 is 0. The molecule has 16 atom stereocenters. The zero-order valence-corrected chi connectivity index (χ0v) is 30.8. The van der Waals surface area contributed by atoms with Crippen molar-refractivity contribution >= 4 is 10.4 Å². The molecule has 6 N–H and O–H groups in total. The molecule has 260 valence electrons. The first-order chi connectivity index (χ1) is 20.8. The molecule has 1 aliphatic heterocycles. The third-order valence-corrected chi connectivity index (χ3v) is 13.1. The van der Waals surface area contributed by atoms with Crippen LogP contribution in [0.5, 0.6) is 0 Å². The van der Waals surface area contributed by atoms with E-state index in [9.17, 15) is 43.6 Å². The molecule has 0 aromatic carbocycles. The fraction of sp³-hybridized carbons (Fsp3) is 0.938. The number of rotatable bonds is 8. The van der Waals surface area contributed by atoms with Crippen molar-refractivity contribution in [2.75, 3.05) is 6.61 Å². The van der Waals surface area contributed by atoms with Crippen molar-refractivity contribution in [2.24, 2.45) is 46.3 Å². The summed E-state index contributed by atoms with van der Waals surface area (Å²) in [6.45, 7) is 10.0. The molecule has 5 aliphatic rings. The molecule has 4 aliphatic carbocycles. The molecule has 0 spiro atoms. The van der Waals surface area contributed by atoms with Crippen LogP contribution in [-0.4, -0.2) is 105 Å². The van der Waals surface area contributed by atoms with Gasteiger partial charge in [0, 0.05) is 12.3 Å². The Labute approximate surface area is 295 Å². The Kier molecular flexibility index (Phi) is 12.0. The van der Waals surface area contributed by atoms with Crippen molar-refractivity contribution in [1.29, 1.82) is 0 Å². The van der Waals surface area contributed by atoms with Gasteiger partial charge in [-0.2, -0.15) is 0 Å². The van der Waals surface area contributed by atoms with Crippen LogP contribution in [-0.2, 0) is 24.1 Å².